The number of benzene rings is 1. The Morgan fingerprint density at radius 2 is 1.89 bits per heavy atom. The lowest BCUT2D eigenvalue weighted by atomic mass is 10.1. The molecule has 0 N–H and O–H groups in total. The van der Waals surface area contributed by atoms with Gasteiger partial charge in [0.05, 0.1) is 23.1 Å². The lowest BCUT2D eigenvalue weighted by molar-refractivity contribution is -0.137. The van der Waals surface area contributed by atoms with Crippen molar-refractivity contribution in [3.8, 4) is 11.6 Å². The minimum Gasteiger partial charge on any atom is -0.437 e. The minimum atomic E-state index is -4.63. The third-order valence-corrected chi connectivity index (χ3v) is 5.46. The van der Waals surface area contributed by atoms with Crippen molar-refractivity contribution in [3.63, 3.8) is 0 Å². The molecular formula is C23H17F3N6O3. The van der Waals surface area contributed by atoms with Gasteiger partial charge in [0.1, 0.15) is 12.3 Å². The van der Waals surface area contributed by atoms with Crippen molar-refractivity contribution in [2.75, 3.05) is 16.3 Å². The van der Waals surface area contributed by atoms with Crippen LogP contribution in [0.2, 0.25) is 0 Å². The number of imidazole rings is 1. The summed E-state index contributed by atoms with van der Waals surface area (Å²) in [6, 6.07) is 8.23. The van der Waals surface area contributed by atoms with Crippen molar-refractivity contribution in [1.29, 1.82) is 0 Å². The van der Waals surface area contributed by atoms with Gasteiger partial charge in [0.2, 0.25) is 5.88 Å². The van der Waals surface area contributed by atoms with E-state index in [0.717, 1.165) is 22.1 Å². The van der Waals surface area contributed by atoms with E-state index in [1.54, 1.807) is 41.2 Å². The van der Waals surface area contributed by atoms with E-state index in [9.17, 15) is 22.8 Å². The maximum Gasteiger partial charge on any atom is 0.417 e. The van der Waals surface area contributed by atoms with E-state index in [1.165, 1.54) is 6.07 Å². The number of aromatic nitrogens is 4. The van der Waals surface area contributed by atoms with E-state index < -0.39 is 30.2 Å². The summed E-state index contributed by atoms with van der Waals surface area (Å²) in [6.07, 6.45) is 0.966. The van der Waals surface area contributed by atoms with Gasteiger partial charge >= 0.3 is 12.2 Å². The van der Waals surface area contributed by atoms with Gasteiger partial charge in [-0.25, -0.2) is 19.2 Å². The number of hydrogen-bond donors (Lipinski definition) is 0. The van der Waals surface area contributed by atoms with Crippen molar-refractivity contribution in [1.82, 2.24) is 19.6 Å². The number of ether oxygens (including phenoxy) is 1. The number of nitrogens with zero attached hydrogens (tertiary/aromatic N) is 6. The Hall–Kier alpha value is -4.48. The predicted molar refractivity (Wildman–Crippen MR) is 118 cm³/mol. The number of carbonyl (C=O) groups is 2. The number of anilines is 2. The second-order valence-corrected chi connectivity index (χ2v) is 7.68. The third-order valence-electron chi connectivity index (χ3n) is 5.46. The summed E-state index contributed by atoms with van der Waals surface area (Å²) >= 11 is 0. The molecule has 1 aliphatic rings. The summed E-state index contributed by atoms with van der Waals surface area (Å²) < 4.78 is 46.7. The van der Waals surface area contributed by atoms with Crippen LogP contribution in [0.1, 0.15) is 18.1 Å². The summed E-state index contributed by atoms with van der Waals surface area (Å²) in [4.78, 5) is 35.3. The van der Waals surface area contributed by atoms with Crippen LogP contribution < -0.4 is 14.5 Å². The van der Waals surface area contributed by atoms with Gasteiger partial charge in [-0.3, -0.25) is 14.7 Å². The van der Waals surface area contributed by atoms with Crippen LogP contribution in [0.5, 0.6) is 11.6 Å². The van der Waals surface area contributed by atoms with Crippen molar-refractivity contribution >= 4 is 29.0 Å². The molecule has 0 atom stereocenters. The van der Waals surface area contributed by atoms with Crippen LogP contribution in [-0.4, -0.2) is 38.1 Å². The first-order valence-electron chi connectivity index (χ1n) is 10.5. The van der Waals surface area contributed by atoms with E-state index >= 15 is 0 Å². The second kappa shape index (κ2) is 8.38. The number of urea groups is 1. The van der Waals surface area contributed by atoms with E-state index in [0.29, 0.717) is 35.5 Å². The van der Waals surface area contributed by atoms with Gasteiger partial charge in [0.15, 0.2) is 5.65 Å². The second-order valence-electron chi connectivity index (χ2n) is 7.68. The molecule has 178 valence electrons. The number of carbonyl (C=O) groups excluding carboxylic acids is 2. The van der Waals surface area contributed by atoms with Gasteiger partial charge in [-0.05, 0) is 42.3 Å². The Balaban J connectivity index is 1.41. The number of halogens is 3. The van der Waals surface area contributed by atoms with E-state index in [4.69, 9.17) is 4.74 Å². The monoisotopic (exact) mass is 482 g/mol. The van der Waals surface area contributed by atoms with Gasteiger partial charge in [-0.15, -0.1) is 5.10 Å². The number of hydrogen-bond acceptors (Lipinski definition) is 6. The Morgan fingerprint density at radius 1 is 1.06 bits per heavy atom. The van der Waals surface area contributed by atoms with Gasteiger partial charge in [0, 0.05) is 24.7 Å². The maximum absolute atomic E-state index is 13.1. The molecule has 0 unspecified atom stereocenters. The van der Waals surface area contributed by atoms with E-state index in [2.05, 4.69) is 15.1 Å². The Labute approximate surface area is 196 Å². The molecule has 1 saturated heterocycles. The number of fused-ring (bicyclic) bond motifs is 1. The molecule has 1 aliphatic heterocycles. The Bertz CT molecular complexity index is 1450. The molecule has 4 aromatic rings. The quantitative estimate of drug-likeness (QED) is 0.390. The third kappa shape index (κ3) is 4.14. The fraction of sp³-hybridized carbons (Fsp3) is 0.174. The largest absolute Gasteiger partial charge is 0.437 e. The zero-order valence-corrected chi connectivity index (χ0v) is 18.2. The molecule has 3 aromatic heterocycles. The van der Waals surface area contributed by atoms with Crippen LogP contribution in [0.4, 0.5) is 29.3 Å². The smallest absolute Gasteiger partial charge is 0.417 e. The fourth-order valence-electron chi connectivity index (χ4n) is 3.73. The van der Waals surface area contributed by atoms with Crippen molar-refractivity contribution in [3.05, 3.63) is 72.3 Å². The number of rotatable bonds is 5. The molecule has 35 heavy (non-hydrogen) atoms. The average molecular weight is 482 g/mol. The van der Waals surface area contributed by atoms with Crippen molar-refractivity contribution in [2.24, 2.45) is 0 Å². The molecule has 9 nitrogen and oxygen atoms in total. The van der Waals surface area contributed by atoms with Crippen molar-refractivity contribution in [2.45, 2.75) is 19.5 Å². The molecule has 0 radical (unpaired) electrons. The molecule has 12 heteroatoms. The molecule has 0 spiro atoms. The molecule has 0 saturated carbocycles. The summed E-state index contributed by atoms with van der Waals surface area (Å²) in [5.74, 6) is 0.242. The molecule has 3 amide bonds. The molecule has 0 aliphatic carbocycles. The Kier molecular flexibility index (Phi) is 5.35. The van der Waals surface area contributed by atoms with Crippen LogP contribution in [0, 0.1) is 0 Å². The Morgan fingerprint density at radius 3 is 2.66 bits per heavy atom. The topological polar surface area (TPSA) is 92.9 Å². The average Bonchev–Trinajstić information content (AvgIpc) is 3.42. The molecule has 4 heterocycles. The van der Waals surface area contributed by atoms with Crippen LogP contribution >= 0.6 is 0 Å². The van der Waals surface area contributed by atoms with Crippen LogP contribution in [-0.2, 0) is 17.4 Å². The molecule has 0 bridgehead atoms. The number of amides is 3. The van der Waals surface area contributed by atoms with Crippen LogP contribution in [0.15, 0.2) is 61.2 Å². The fourth-order valence-corrected chi connectivity index (χ4v) is 3.73. The maximum atomic E-state index is 13.1. The highest BCUT2D eigenvalue weighted by Crippen LogP contribution is 2.34. The van der Waals surface area contributed by atoms with Gasteiger partial charge in [-0.2, -0.15) is 13.2 Å². The highest BCUT2D eigenvalue weighted by Gasteiger charge is 2.39. The summed E-state index contributed by atoms with van der Waals surface area (Å²) in [5, 5.41) is 4.32. The normalized spacial score (nSPS) is 14.3. The highest BCUT2D eigenvalue weighted by molar-refractivity contribution is 6.26. The number of alkyl halides is 3. The standard InChI is InChI=1S/C23H17F3N6O3/c1-2-14-9-16(3-4-18(14)35-20-6-5-19-28-7-8-31(19)29-20)32-21(33)13-30(22(32)34)17-10-15(11-27-12-17)23(24,25)26/h3-12H,2,13H2,1H3. The highest BCUT2D eigenvalue weighted by atomic mass is 19.4. The summed E-state index contributed by atoms with van der Waals surface area (Å²) in [7, 11) is 0. The SMILES string of the molecule is CCc1cc(N2C(=O)CN(c3cncc(C(F)(F)F)c3)C2=O)ccc1Oc1ccc2nccn2n1. The lowest BCUT2D eigenvalue weighted by Gasteiger charge is -2.19. The van der Waals surface area contributed by atoms with Crippen molar-refractivity contribution < 1.29 is 27.5 Å². The molecule has 1 aromatic carbocycles. The molecular weight excluding hydrogens is 465 g/mol. The van der Waals surface area contributed by atoms with Crippen LogP contribution in [0.25, 0.3) is 5.65 Å². The first kappa shape index (κ1) is 22.3. The van der Waals surface area contributed by atoms with Gasteiger partial charge < -0.3 is 4.74 Å². The van der Waals surface area contributed by atoms with E-state index in [1.807, 2.05) is 6.92 Å². The lowest BCUT2D eigenvalue weighted by Crippen LogP contribution is -2.33. The molecule has 1 fully saturated rings. The summed E-state index contributed by atoms with van der Waals surface area (Å²) in [6.45, 7) is 1.48. The van der Waals surface area contributed by atoms with Gasteiger partial charge in [-0.1, -0.05) is 6.92 Å². The van der Waals surface area contributed by atoms with E-state index in [-0.39, 0.29) is 11.4 Å². The zero-order valence-electron chi connectivity index (χ0n) is 18.2. The zero-order chi connectivity index (χ0) is 24.7. The molecule has 5 rings (SSSR count). The number of imide groups is 1. The minimum absolute atomic E-state index is 0.114. The first-order chi connectivity index (χ1) is 16.7. The van der Waals surface area contributed by atoms with Crippen LogP contribution in [0.3, 0.4) is 0 Å². The number of pyridine rings is 1. The predicted octanol–water partition coefficient (Wildman–Crippen LogP) is 4.47. The number of aryl methyl sites for hydroxylation is 1. The van der Waals surface area contributed by atoms with Gasteiger partial charge in [0.25, 0.3) is 5.91 Å². The first-order valence-corrected chi connectivity index (χ1v) is 10.5. The summed E-state index contributed by atoms with van der Waals surface area (Å²) in [5.41, 5.74) is 0.526.